The van der Waals surface area contributed by atoms with Crippen LogP contribution in [-0.4, -0.2) is 30.8 Å². The van der Waals surface area contributed by atoms with Crippen molar-refractivity contribution in [3.05, 3.63) is 76.5 Å². The number of hydrogen-bond donors (Lipinski definition) is 0. The van der Waals surface area contributed by atoms with Crippen LogP contribution in [-0.2, 0) is 17.9 Å². The summed E-state index contributed by atoms with van der Waals surface area (Å²) in [5.74, 6) is 0.350. The van der Waals surface area contributed by atoms with Crippen molar-refractivity contribution < 1.29 is 9.59 Å². The normalized spacial score (nSPS) is 16.3. The van der Waals surface area contributed by atoms with Crippen LogP contribution in [0.5, 0.6) is 0 Å². The highest BCUT2D eigenvalue weighted by atomic mass is 16.2. The molecular weight excluding hydrogens is 380 g/mol. The molecular formula is C23H20N4O3. The summed E-state index contributed by atoms with van der Waals surface area (Å²) in [6.07, 6.45) is 1.79. The fourth-order valence-corrected chi connectivity index (χ4v) is 4.30. The number of carbonyl (C=O) groups excluding carboxylic acids is 2. The number of carbonyl (C=O) groups is 2. The maximum Gasteiger partial charge on any atom is 0.262 e. The molecule has 0 spiro atoms. The van der Waals surface area contributed by atoms with Crippen molar-refractivity contribution in [2.75, 3.05) is 0 Å². The topological polar surface area (TPSA) is 77.2 Å². The molecule has 1 atom stereocenters. The molecule has 7 heteroatoms. The zero-order valence-corrected chi connectivity index (χ0v) is 16.7. The molecule has 1 aliphatic rings. The Labute approximate surface area is 172 Å². The molecule has 1 aliphatic heterocycles. The molecule has 2 aromatic heterocycles. The van der Waals surface area contributed by atoms with Gasteiger partial charge < -0.3 is 4.90 Å². The number of nitrogens with zero attached hydrogens (tertiary/aromatic N) is 4. The number of para-hydroxylation sites is 2. The Balaban J connectivity index is 1.59. The Bertz CT molecular complexity index is 1400. The van der Waals surface area contributed by atoms with Gasteiger partial charge in [0, 0.05) is 25.1 Å². The summed E-state index contributed by atoms with van der Waals surface area (Å²) in [6, 6.07) is 14.2. The molecule has 5 rings (SSSR count). The first-order chi connectivity index (χ1) is 14.5. The van der Waals surface area contributed by atoms with E-state index in [0.717, 1.165) is 16.5 Å². The third kappa shape index (κ3) is 2.66. The lowest BCUT2D eigenvalue weighted by Crippen LogP contribution is -2.46. The maximum atomic E-state index is 13.1. The molecule has 0 saturated carbocycles. The number of hydrogen-bond acceptors (Lipinski definition) is 4. The summed E-state index contributed by atoms with van der Waals surface area (Å²) in [7, 11) is 0. The van der Waals surface area contributed by atoms with Crippen molar-refractivity contribution in [2.45, 2.75) is 33.0 Å². The second-order valence-corrected chi connectivity index (χ2v) is 7.65. The lowest BCUT2D eigenvalue weighted by Gasteiger charge is -2.33. The highest BCUT2D eigenvalue weighted by Gasteiger charge is 2.32. The van der Waals surface area contributed by atoms with Gasteiger partial charge in [-0.3, -0.25) is 23.5 Å². The van der Waals surface area contributed by atoms with Gasteiger partial charge in [-0.1, -0.05) is 30.3 Å². The van der Waals surface area contributed by atoms with Gasteiger partial charge in [-0.25, -0.2) is 4.98 Å². The van der Waals surface area contributed by atoms with Crippen LogP contribution in [0.3, 0.4) is 0 Å². The van der Waals surface area contributed by atoms with Crippen molar-refractivity contribution in [1.29, 1.82) is 0 Å². The molecule has 150 valence electrons. The van der Waals surface area contributed by atoms with Crippen LogP contribution in [0.1, 0.15) is 36.1 Å². The van der Waals surface area contributed by atoms with Gasteiger partial charge in [0.1, 0.15) is 11.9 Å². The molecule has 0 N–H and O–H groups in total. The first-order valence-corrected chi connectivity index (χ1v) is 9.84. The Hall–Kier alpha value is -3.74. The highest BCUT2D eigenvalue weighted by Crippen LogP contribution is 2.27. The van der Waals surface area contributed by atoms with Crippen molar-refractivity contribution in [2.24, 2.45) is 0 Å². The molecule has 2 aromatic carbocycles. The fourth-order valence-electron chi connectivity index (χ4n) is 4.30. The van der Waals surface area contributed by atoms with E-state index in [0.29, 0.717) is 23.3 Å². The van der Waals surface area contributed by atoms with E-state index in [1.807, 2.05) is 36.4 Å². The minimum atomic E-state index is -0.639. The quantitative estimate of drug-likeness (QED) is 0.518. The van der Waals surface area contributed by atoms with Gasteiger partial charge in [0.15, 0.2) is 0 Å². The predicted octanol–water partition coefficient (Wildman–Crippen LogP) is 3.11. The summed E-state index contributed by atoms with van der Waals surface area (Å²) in [5.41, 5.74) is 2.14. The summed E-state index contributed by atoms with van der Waals surface area (Å²) >= 11 is 0. The van der Waals surface area contributed by atoms with E-state index in [9.17, 15) is 14.4 Å². The van der Waals surface area contributed by atoms with Gasteiger partial charge in [0.25, 0.3) is 5.56 Å². The number of rotatable bonds is 2. The first-order valence-electron chi connectivity index (χ1n) is 9.84. The minimum Gasteiger partial charge on any atom is -0.329 e. The smallest absolute Gasteiger partial charge is 0.262 e. The van der Waals surface area contributed by atoms with Crippen molar-refractivity contribution in [1.82, 2.24) is 19.0 Å². The van der Waals surface area contributed by atoms with Gasteiger partial charge in [-0.15, -0.1) is 0 Å². The van der Waals surface area contributed by atoms with Crippen LogP contribution in [0, 0.1) is 0 Å². The van der Waals surface area contributed by atoms with E-state index in [-0.39, 0.29) is 23.9 Å². The van der Waals surface area contributed by atoms with E-state index < -0.39 is 6.04 Å². The fraction of sp³-hybridized carbons (Fsp3) is 0.217. The minimum absolute atomic E-state index is 0.0826. The number of amides is 1. The van der Waals surface area contributed by atoms with Crippen LogP contribution in [0.4, 0.5) is 0 Å². The van der Waals surface area contributed by atoms with Crippen molar-refractivity contribution >= 4 is 33.6 Å². The molecule has 0 saturated heterocycles. The average Bonchev–Trinajstić information content (AvgIpc) is 3.11. The monoisotopic (exact) mass is 400 g/mol. The first kappa shape index (κ1) is 18.3. The third-order valence-corrected chi connectivity index (χ3v) is 5.76. The Morgan fingerprint density at radius 1 is 1.07 bits per heavy atom. The molecule has 3 heterocycles. The summed E-state index contributed by atoms with van der Waals surface area (Å²) in [5, 5.41) is 1.45. The Kier molecular flexibility index (Phi) is 4.06. The zero-order valence-electron chi connectivity index (χ0n) is 16.7. The lowest BCUT2D eigenvalue weighted by atomic mass is 10.1. The molecule has 0 bridgehead atoms. The van der Waals surface area contributed by atoms with E-state index in [1.54, 1.807) is 34.7 Å². The molecule has 0 radical (unpaired) electrons. The summed E-state index contributed by atoms with van der Waals surface area (Å²) in [6.45, 7) is 3.83. The molecule has 1 amide bonds. The van der Waals surface area contributed by atoms with Crippen LogP contribution >= 0.6 is 0 Å². The maximum absolute atomic E-state index is 13.1. The molecule has 30 heavy (non-hydrogen) atoms. The van der Waals surface area contributed by atoms with E-state index in [1.165, 1.54) is 11.5 Å². The van der Waals surface area contributed by atoms with Gasteiger partial charge in [0.2, 0.25) is 11.8 Å². The zero-order chi connectivity index (χ0) is 21.0. The van der Waals surface area contributed by atoms with Crippen LogP contribution in [0.15, 0.2) is 59.5 Å². The van der Waals surface area contributed by atoms with Crippen molar-refractivity contribution in [3.8, 4) is 0 Å². The second kappa shape index (κ2) is 6.66. The van der Waals surface area contributed by atoms with Gasteiger partial charge >= 0.3 is 0 Å². The molecule has 0 aliphatic carbocycles. The van der Waals surface area contributed by atoms with E-state index >= 15 is 0 Å². The Morgan fingerprint density at radius 2 is 1.77 bits per heavy atom. The molecule has 0 unspecified atom stereocenters. The third-order valence-electron chi connectivity index (χ3n) is 5.76. The molecule has 0 fully saturated rings. The van der Waals surface area contributed by atoms with Crippen LogP contribution in [0.25, 0.3) is 21.8 Å². The van der Waals surface area contributed by atoms with Gasteiger partial charge in [-0.05, 0) is 30.7 Å². The largest absolute Gasteiger partial charge is 0.329 e. The number of aromatic nitrogens is 3. The van der Waals surface area contributed by atoms with E-state index in [4.69, 9.17) is 0 Å². The predicted molar refractivity (Wildman–Crippen MR) is 113 cm³/mol. The number of fused-ring (bicyclic) bond motifs is 3. The lowest BCUT2D eigenvalue weighted by molar-refractivity contribution is -0.137. The van der Waals surface area contributed by atoms with Crippen LogP contribution in [0.2, 0.25) is 0 Å². The summed E-state index contributed by atoms with van der Waals surface area (Å²) in [4.78, 5) is 44.5. The standard InChI is InChI=1S/C23H20N4O3/c1-14-22(29)25(11-16-12-26(15(2)28)20-10-6-4-7-17(16)20)13-21-24-19-9-5-3-8-18(19)23(30)27(14)21/h3-10,12,14H,11,13H2,1-2H3/t14-/m0/s1. The molecule has 4 aromatic rings. The Morgan fingerprint density at radius 3 is 2.53 bits per heavy atom. The highest BCUT2D eigenvalue weighted by molar-refractivity contribution is 5.94. The van der Waals surface area contributed by atoms with Crippen LogP contribution < -0.4 is 5.56 Å². The van der Waals surface area contributed by atoms with Gasteiger partial charge in [0.05, 0.1) is 23.0 Å². The van der Waals surface area contributed by atoms with E-state index in [2.05, 4.69) is 4.98 Å². The molecule has 7 nitrogen and oxygen atoms in total. The second-order valence-electron chi connectivity index (χ2n) is 7.65. The SMILES string of the molecule is CC(=O)n1cc(CN2Cc3nc4ccccc4c(=O)n3[C@@H](C)C2=O)c2ccccc21. The average molecular weight is 400 g/mol. The number of benzene rings is 2. The summed E-state index contributed by atoms with van der Waals surface area (Å²) < 4.78 is 3.10. The van der Waals surface area contributed by atoms with Gasteiger partial charge in [-0.2, -0.15) is 0 Å². The van der Waals surface area contributed by atoms with Crippen molar-refractivity contribution in [3.63, 3.8) is 0 Å².